The predicted molar refractivity (Wildman–Crippen MR) is 124 cm³/mol. The maximum absolute atomic E-state index is 14.0. The minimum absolute atomic E-state index is 0.00844. The van der Waals surface area contributed by atoms with Crippen LogP contribution in [0.5, 0.6) is 0 Å². The van der Waals surface area contributed by atoms with Gasteiger partial charge in [0, 0.05) is 18.0 Å². The molecule has 0 saturated carbocycles. The Bertz CT molecular complexity index is 1290. The molecule has 3 aromatic rings. The molecule has 1 atom stereocenters. The van der Waals surface area contributed by atoms with E-state index in [-0.39, 0.29) is 25.5 Å². The Morgan fingerprint density at radius 2 is 1.79 bits per heavy atom. The summed E-state index contributed by atoms with van der Waals surface area (Å²) in [6.45, 7) is 2.01. The number of halogens is 1. The monoisotopic (exact) mass is 454 g/mol. The van der Waals surface area contributed by atoms with Crippen LogP contribution in [-0.4, -0.2) is 16.8 Å². The van der Waals surface area contributed by atoms with Crippen molar-refractivity contribution in [2.45, 2.75) is 32.4 Å². The van der Waals surface area contributed by atoms with Gasteiger partial charge in [-0.3, -0.25) is 4.79 Å². The molecular formula is C28H23FN2O3. The van der Waals surface area contributed by atoms with Gasteiger partial charge in [-0.15, -0.1) is 0 Å². The maximum atomic E-state index is 14.0. The van der Waals surface area contributed by atoms with Gasteiger partial charge in [-0.2, -0.15) is 5.26 Å². The van der Waals surface area contributed by atoms with E-state index in [0.29, 0.717) is 22.4 Å². The number of esters is 1. The molecule has 1 aliphatic heterocycles. The Kier molecular flexibility index (Phi) is 6.84. The van der Waals surface area contributed by atoms with Crippen molar-refractivity contribution >= 4 is 11.9 Å². The Hall–Kier alpha value is -4.24. The maximum Gasteiger partial charge on any atom is 0.336 e. The number of rotatable bonds is 6. The number of carbonyl (C=O) groups is 2. The molecule has 0 fully saturated rings. The number of ether oxygens (including phenoxy) is 1. The molecule has 170 valence electrons. The Morgan fingerprint density at radius 3 is 2.53 bits per heavy atom. The van der Waals surface area contributed by atoms with Crippen LogP contribution in [0.1, 0.15) is 41.5 Å². The van der Waals surface area contributed by atoms with Crippen LogP contribution in [0, 0.1) is 17.1 Å². The van der Waals surface area contributed by atoms with Crippen molar-refractivity contribution in [2.24, 2.45) is 0 Å². The number of allylic oxidation sites excluding steroid dienone is 1. The number of benzene rings is 3. The van der Waals surface area contributed by atoms with Crippen LogP contribution in [-0.2, 0) is 27.5 Å². The van der Waals surface area contributed by atoms with Crippen LogP contribution < -0.4 is 0 Å². The number of carbonyl (C=O) groups excluding carboxylic acids is 2. The minimum Gasteiger partial charge on any atom is -0.457 e. The molecule has 0 aromatic heterocycles. The second kappa shape index (κ2) is 10.1. The van der Waals surface area contributed by atoms with E-state index in [1.165, 1.54) is 17.0 Å². The molecule has 34 heavy (non-hydrogen) atoms. The number of amides is 1. The quantitative estimate of drug-likeness (QED) is 0.478. The first-order valence-corrected chi connectivity index (χ1v) is 10.9. The molecule has 1 aliphatic rings. The van der Waals surface area contributed by atoms with E-state index < -0.39 is 17.7 Å². The van der Waals surface area contributed by atoms with E-state index in [9.17, 15) is 19.2 Å². The molecule has 0 aliphatic carbocycles. The van der Waals surface area contributed by atoms with Gasteiger partial charge < -0.3 is 9.64 Å². The van der Waals surface area contributed by atoms with Gasteiger partial charge in [-0.25, -0.2) is 9.18 Å². The zero-order valence-electron chi connectivity index (χ0n) is 18.7. The fraction of sp³-hybridized carbons (Fsp3) is 0.179. The zero-order chi connectivity index (χ0) is 24.1. The summed E-state index contributed by atoms with van der Waals surface area (Å²) in [5.41, 5.74) is 3.44. The standard InChI is InChI=1S/C28H23FN2O3/c1-19-27(28(33)34-18-20-7-3-2-4-8-20)25(23-11-6-12-24(29)14-23)15-26(32)31(19)17-22-10-5-9-21(13-22)16-30/h2-14,25H,15,17-18H2,1H3. The predicted octanol–water partition coefficient (Wildman–Crippen LogP) is 5.23. The lowest BCUT2D eigenvalue weighted by Crippen LogP contribution is -2.38. The topological polar surface area (TPSA) is 70.4 Å². The summed E-state index contributed by atoms with van der Waals surface area (Å²) < 4.78 is 19.6. The average molecular weight is 455 g/mol. The van der Waals surface area contributed by atoms with Crippen LogP contribution in [0.2, 0.25) is 0 Å². The largest absolute Gasteiger partial charge is 0.457 e. The van der Waals surface area contributed by atoms with Gasteiger partial charge in [0.15, 0.2) is 0 Å². The van der Waals surface area contributed by atoms with Crippen molar-refractivity contribution in [1.82, 2.24) is 4.90 Å². The lowest BCUT2D eigenvalue weighted by Gasteiger charge is -2.34. The van der Waals surface area contributed by atoms with E-state index in [2.05, 4.69) is 6.07 Å². The second-order valence-corrected chi connectivity index (χ2v) is 8.16. The van der Waals surface area contributed by atoms with E-state index in [1.54, 1.807) is 37.3 Å². The van der Waals surface area contributed by atoms with E-state index in [4.69, 9.17) is 4.74 Å². The SMILES string of the molecule is CC1=C(C(=O)OCc2ccccc2)C(c2cccc(F)c2)CC(=O)N1Cc1cccc(C#N)c1. The third-order valence-corrected chi connectivity index (χ3v) is 5.90. The Morgan fingerprint density at radius 1 is 1.06 bits per heavy atom. The number of hydrogen-bond acceptors (Lipinski definition) is 4. The summed E-state index contributed by atoms with van der Waals surface area (Å²) in [5, 5.41) is 9.19. The first-order chi connectivity index (χ1) is 16.5. The summed E-state index contributed by atoms with van der Waals surface area (Å²) in [4.78, 5) is 28.0. The number of nitriles is 1. The molecule has 0 radical (unpaired) electrons. The molecule has 4 rings (SSSR count). The smallest absolute Gasteiger partial charge is 0.336 e. The zero-order valence-corrected chi connectivity index (χ0v) is 18.7. The summed E-state index contributed by atoms with van der Waals surface area (Å²) in [6.07, 6.45) is 0.00844. The molecule has 1 unspecified atom stereocenters. The molecule has 1 amide bonds. The second-order valence-electron chi connectivity index (χ2n) is 8.16. The molecule has 0 N–H and O–H groups in total. The van der Waals surface area contributed by atoms with Crippen molar-refractivity contribution in [3.8, 4) is 6.07 Å². The molecule has 6 heteroatoms. The molecule has 0 bridgehead atoms. The molecular weight excluding hydrogens is 431 g/mol. The van der Waals surface area contributed by atoms with Gasteiger partial charge in [0.05, 0.1) is 23.8 Å². The van der Waals surface area contributed by atoms with Gasteiger partial charge in [-0.05, 0) is 47.9 Å². The van der Waals surface area contributed by atoms with E-state index >= 15 is 0 Å². The van der Waals surface area contributed by atoms with Crippen LogP contribution in [0.4, 0.5) is 4.39 Å². The fourth-order valence-electron chi connectivity index (χ4n) is 4.20. The van der Waals surface area contributed by atoms with E-state index in [1.807, 2.05) is 36.4 Å². The van der Waals surface area contributed by atoms with E-state index in [0.717, 1.165) is 11.1 Å². The highest BCUT2D eigenvalue weighted by Gasteiger charge is 2.37. The van der Waals surface area contributed by atoms with Gasteiger partial charge >= 0.3 is 5.97 Å². The molecule has 3 aromatic carbocycles. The molecule has 1 heterocycles. The summed E-state index contributed by atoms with van der Waals surface area (Å²) >= 11 is 0. The molecule has 0 spiro atoms. The highest BCUT2D eigenvalue weighted by molar-refractivity contribution is 5.95. The van der Waals surface area contributed by atoms with Crippen molar-refractivity contribution in [3.63, 3.8) is 0 Å². The first-order valence-electron chi connectivity index (χ1n) is 10.9. The van der Waals surface area contributed by atoms with Crippen LogP contribution >= 0.6 is 0 Å². The lowest BCUT2D eigenvalue weighted by molar-refractivity contribution is -0.141. The van der Waals surface area contributed by atoms with Crippen molar-refractivity contribution < 1.29 is 18.7 Å². The Labute approximate surface area is 197 Å². The lowest BCUT2D eigenvalue weighted by atomic mass is 9.83. The van der Waals surface area contributed by atoms with Crippen LogP contribution in [0.3, 0.4) is 0 Å². The van der Waals surface area contributed by atoms with Crippen LogP contribution in [0.15, 0.2) is 90.1 Å². The van der Waals surface area contributed by atoms with Crippen molar-refractivity contribution in [1.29, 1.82) is 5.26 Å². The van der Waals surface area contributed by atoms with Crippen LogP contribution in [0.25, 0.3) is 0 Å². The number of hydrogen-bond donors (Lipinski definition) is 0. The fourth-order valence-corrected chi connectivity index (χ4v) is 4.20. The molecule has 5 nitrogen and oxygen atoms in total. The highest BCUT2D eigenvalue weighted by atomic mass is 19.1. The third kappa shape index (κ3) is 5.05. The van der Waals surface area contributed by atoms with Gasteiger partial charge in [0.2, 0.25) is 5.91 Å². The number of nitrogens with zero attached hydrogens (tertiary/aromatic N) is 2. The third-order valence-electron chi connectivity index (χ3n) is 5.90. The van der Waals surface area contributed by atoms with Gasteiger partial charge in [-0.1, -0.05) is 54.6 Å². The summed E-state index contributed by atoms with van der Waals surface area (Å²) in [6, 6.07) is 24.4. The molecule has 0 saturated heterocycles. The van der Waals surface area contributed by atoms with Crippen molar-refractivity contribution in [3.05, 3.63) is 118 Å². The average Bonchev–Trinajstić information content (AvgIpc) is 2.85. The first kappa shape index (κ1) is 22.9. The summed E-state index contributed by atoms with van der Waals surface area (Å²) in [7, 11) is 0. The highest BCUT2D eigenvalue weighted by Crippen LogP contribution is 2.38. The van der Waals surface area contributed by atoms with Gasteiger partial charge in [0.25, 0.3) is 0 Å². The van der Waals surface area contributed by atoms with Gasteiger partial charge in [0.1, 0.15) is 12.4 Å². The van der Waals surface area contributed by atoms with Crippen molar-refractivity contribution in [2.75, 3.05) is 0 Å². The normalized spacial score (nSPS) is 15.7. The minimum atomic E-state index is -0.617. The Balaban J connectivity index is 1.69. The summed E-state index contributed by atoms with van der Waals surface area (Å²) in [5.74, 6) is -1.78.